The lowest BCUT2D eigenvalue weighted by Gasteiger charge is -2.11. The van der Waals surface area contributed by atoms with Crippen molar-refractivity contribution in [3.8, 4) is 11.3 Å². The summed E-state index contributed by atoms with van der Waals surface area (Å²) in [5, 5.41) is 3.52. The molecule has 3 nitrogen and oxygen atoms in total. The summed E-state index contributed by atoms with van der Waals surface area (Å²) in [5.41, 5.74) is 4.25. The first-order valence-corrected chi connectivity index (χ1v) is 9.08. The third-order valence-electron chi connectivity index (χ3n) is 4.53. The molecule has 3 rings (SSSR count). The summed E-state index contributed by atoms with van der Waals surface area (Å²) >= 11 is 6.17. The Labute approximate surface area is 159 Å². The highest BCUT2D eigenvalue weighted by Crippen LogP contribution is 2.25. The number of carbonyl (C=O) groups excluding carboxylic acids is 1. The van der Waals surface area contributed by atoms with Gasteiger partial charge in [0.15, 0.2) is 0 Å². The topological polar surface area (TPSA) is 42.0 Å². The van der Waals surface area contributed by atoms with Crippen molar-refractivity contribution in [2.45, 2.75) is 26.2 Å². The zero-order valence-electron chi connectivity index (χ0n) is 14.9. The number of pyridine rings is 1. The van der Waals surface area contributed by atoms with Gasteiger partial charge in [0.2, 0.25) is 0 Å². The molecule has 0 saturated carbocycles. The predicted octanol–water partition coefficient (Wildman–Crippen LogP) is 6.17. The second-order valence-electron chi connectivity index (χ2n) is 6.30. The average Bonchev–Trinajstić information content (AvgIpc) is 2.68. The Bertz CT molecular complexity index is 889. The van der Waals surface area contributed by atoms with Crippen LogP contribution in [0.15, 0.2) is 66.9 Å². The van der Waals surface area contributed by atoms with Crippen molar-refractivity contribution in [3.05, 3.63) is 83.0 Å². The molecule has 1 aromatic heterocycles. The summed E-state index contributed by atoms with van der Waals surface area (Å²) in [7, 11) is 0. The van der Waals surface area contributed by atoms with Gasteiger partial charge in [0.05, 0.1) is 10.7 Å². The molecule has 1 amide bonds. The standard InChI is InChI=1S/C22H21ClN2O/c1-3-15(2)16-10-12-19(13-11-16)25-22(26)18-8-6-17(7-9-18)21-20(23)5-4-14-24-21/h4-15H,3H2,1-2H3,(H,25,26). The predicted molar refractivity (Wildman–Crippen MR) is 108 cm³/mol. The summed E-state index contributed by atoms with van der Waals surface area (Å²) in [4.78, 5) is 16.7. The molecule has 0 aliphatic rings. The molecule has 0 bridgehead atoms. The van der Waals surface area contributed by atoms with Gasteiger partial charge >= 0.3 is 0 Å². The Morgan fingerprint density at radius 2 is 1.77 bits per heavy atom. The molecule has 132 valence electrons. The van der Waals surface area contributed by atoms with Crippen molar-refractivity contribution in [1.29, 1.82) is 0 Å². The SMILES string of the molecule is CCC(C)c1ccc(NC(=O)c2ccc(-c3ncccc3Cl)cc2)cc1. The molecule has 26 heavy (non-hydrogen) atoms. The zero-order valence-corrected chi connectivity index (χ0v) is 15.6. The van der Waals surface area contributed by atoms with E-state index in [1.54, 1.807) is 30.5 Å². The number of nitrogens with one attached hydrogen (secondary N) is 1. The van der Waals surface area contributed by atoms with Gasteiger partial charge in [-0.05, 0) is 54.3 Å². The maximum Gasteiger partial charge on any atom is 0.255 e. The van der Waals surface area contributed by atoms with Gasteiger partial charge in [-0.25, -0.2) is 0 Å². The number of benzene rings is 2. The van der Waals surface area contributed by atoms with E-state index in [1.807, 2.05) is 24.3 Å². The van der Waals surface area contributed by atoms with Crippen LogP contribution >= 0.6 is 11.6 Å². The average molecular weight is 365 g/mol. The molecule has 3 aromatic rings. The molecule has 2 aromatic carbocycles. The number of hydrogen-bond donors (Lipinski definition) is 1. The molecule has 0 saturated heterocycles. The minimum atomic E-state index is -0.139. The Kier molecular flexibility index (Phi) is 5.69. The maximum absolute atomic E-state index is 12.5. The van der Waals surface area contributed by atoms with Gasteiger partial charge in [0, 0.05) is 23.0 Å². The molecule has 1 atom stereocenters. The normalized spacial score (nSPS) is 11.8. The molecule has 0 spiro atoms. The highest BCUT2D eigenvalue weighted by Gasteiger charge is 2.09. The van der Waals surface area contributed by atoms with Gasteiger partial charge in [0.1, 0.15) is 0 Å². The van der Waals surface area contributed by atoms with Crippen LogP contribution in [0, 0.1) is 0 Å². The number of anilines is 1. The fourth-order valence-electron chi connectivity index (χ4n) is 2.71. The highest BCUT2D eigenvalue weighted by molar-refractivity contribution is 6.33. The van der Waals surface area contributed by atoms with Crippen LogP contribution in [0.3, 0.4) is 0 Å². The highest BCUT2D eigenvalue weighted by atomic mass is 35.5. The molecule has 1 N–H and O–H groups in total. The molecule has 1 unspecified atom stereocenters. The fourth-order valence-corrected chi connectivity index (χ4v) is 2.94. The third kappa shape index (κ3) is 4.12. The van der Waals surface area contributed by atoms with Gasteiger partial charge in [0.25, 0.3) is 5.91 Å². The van der Waals surface area contributed by atoms with E-state index in [0.717, 1.165) is 17.7 Å². The Balaban J connectivity index is 1.71. The van der Waals surface area contributed by atoms with E-state index in [-0.39, 0.29) is 5.91 Å². The Hall–Kier alpha value is -2.65. The first-order chi connectivity index (χ1) is 12.6. The van der Waals surface area contributed by atoms with Crippen LogP contribution in [-0.2, 0) is 0 Å². The smallest absolute Gasteiger partial charge is 0.255 e. The lowest BCUT2D eigenvalue weighted by molar-refractivity contribution is 0.102. The summed E-state index contributed by atoms with van der Waals surface area (Å²) in [6.07, 6.45) is 2.79. The van der Waals surface area contributed by atoms with Crippen LogP contribution in [0.25, 0.3) is 11.3 Å². The molecular formula is C22H21ClN2O. The van der Waals surface area contributed by atoms with Gasteiger partial charge < -0.3 is 5.32 Å². The number of amides is 1. The molecular weight excluding hydrogens is 344 g/mol. The third-order valence-corrected chi connectivity index (χ3v) is 4.83. The summed E-state index contributed by atoms with van der Waals surface area (Å²) in [6.45, 7) is 4.37. The van der Waals surface area contributed by atoms with E-state index >= 15 is 0 Å². The molecule has 4 heteroatoms. The zero-order chi connectivity index (χ0) is 18.5. The van der Waals surface area contributed by atoms with Crippen LogP contribution in [0.1, 0.15) is 42.1 Å². The molecule has 0 fully saturated rings. The van der Waals surface area contributed by atoms with E-state index < -0.39 is 0 Å². The van der Waals surface area contributed by atoms with Gasteiger partial charge in [-0.3, -0.25) is 9.78 Å². The number of rotatable bonds is 5. The molecule has 0 aliphatic carbocycles. The van der Waals surface area contributed by atoms with E-state index in [4.69, 9.17) is 11.6 Å². The lowest BCUT2D eigenvalue weighted by atomic mass is 9.98. The van der Waals surface area contributed by atoms with E-state index in [9.17, 15) is 4.79 Å². The van der Waals surface area contributed by atoms with Crippen molar-refractivity contribution < 1.29 is 4.79 Å². The minimum absolute atomic E-state index is 0.139. The number of nitrogens with zero attached hydrogens (tertiary/aromatic N) is 1. The Morgan fingerprint density at radius 1 is 1.08 bits per heavy atom. The summed E-state index contributed by atoms with van der Waals surface area (Å²) in [5.74, 6) is 0.380. The quantitative estimate of drug-likeness (QED) is 0.588. The minimum Gasteiger partial charge on any atom is -0.322 e. The first-order valence-electron chi connectivity index (χ1n) is 8.70. The second-order valence-corrected chi connectivity index (χ2v) is 6.70. The van der Waals surface area contributed by atoms with Crippen LogP contribution in [0.4, 0.5) is 5.69 Å². The van der Waals surface area contributed by atoms with Crippen LogP contribution in [0.5, 0.6) is 0 Å². The first kappa shape index (κ1) is 18.2. The van der Waals surface area contributed by atoms with Gasteiger partial charge in [-0.15, -0.1) is 0 Å². The van der Waals surface area contributed by atoms with Crippen LogP contribution < -0.4 is 5.32 Å². The van der Waals surface area contributed by atoms with Crippen molar-refractivity contribution in [1.82, 2.24) is 4.98 Å². The maximum atomic E-state index is 12.5. The molecule has 0 aliphatic heterocycles. The van der Waals surface area contributed by atoms with E-state index in [0.29, 0.717) is 22.2 Å². The van der Waals surface area contributed by atoms with Gasteiger partial charge in [-0.2, -0.15) is 0 Å². The summed E-state index contributed by atoms with van der Waals surface area (Å²) in [6, 6.07) is 18.9. The molecule has 1 heterocycles. The second kappa shape index (κ2) is 8.15. The molecule has 0 radical (unpaired) electrons. The number of aromatic nitrogens is 1. The lowest BCUT2D eigenvalue weighted by Crippen LogP contribution is -2.11. The van der Waals surface area contributed by atoms with E-state index in [1.165, 1.54) is 5.56 Å². The van der Waals surface area contributed by atoms with E-state index in [2.05, 4.69) is 36.3 Å². The van der Waals surface area contributed by atoms with Crippen molar-refractivity contribution in [2.75, 3.05) is 5.32 Å². The van der Waals surface area contributed by atoms with Crippen molar-refractivity contribution in [2.24, 2.45) is 0 Å². The number of halogens is 1. The van der Waals surface area contributed by atoms with Crippen LogP contribution in [0.2, 0.25) is 5.02 Å². The van der Waals surface area contributed by atoms with Crippen LogP contribution in [-0.4, -0.2) is 10.9 Å². The Morgan fingerprint density at radius 3 is 2.38 bits per heavy atom. The van der Waals surface area contributed by atoms with Crippen molar-refractivity contribution >= 4 is 23.2 Å². The summed E-state index contributed by atoms with van der Waals surface area (Å²) < 4.78 is 0. The van der Waals surface area contributed by atoms with Gasteiger partial charge in [-0.1, -0.05) is 49.7 Å². The number of hydrogen-bond acceptors (Lipinski definition) is 2. The fraction of sp³-hybridized carbons (Fsp3) is 0.182. The largest absolute Gasteiger partial charge is 0.322 e. The monoisotopic (exact) mass is 364 g/mol. The van der Waals surface area contributed by atoms with Crippen molar-refractivity contribution in [3.63, 3.8) is 0 Å². The number of carbonyl (C=O) groups is 1.